The molecule has 0 spiro atoms. The summed E-state index contributed by atoms with van der Waals surface area (Å²) in [5.41, 5.74) is 1.39. The van der Waals surface area contributed by atoms with Gasteiger partial charge >= 0.3 is 0 Å². The van der Waals surface area contributed by atoms with E-state index in [9.17, 15) is 4.79 Å². The Morgan fingerprint density at radius 3 is 2.97 bits per heavy atom. The van der Waals surface area contributed by atoms with Crippen molar-refractivity contribution in [3.05, 3.63) is 28.7 Å². The molecule has 10 heteroatoms. The van der Waals surface area contributed by atoms with Gasteiger partial charge in [0, 0.05) is 43.2 Å². The maximum absolute atomic E-state index is 12.5. The second-order valence-corrected chi connectivity index (χ2v) is 8.84. The van der Waals surface area contributed by atoms with Gasteiger partial charge < -0.3 is 15.4 Å². The summed E-state index contributed by atoms with van der Waals surface area (Å²) in [6.07, 6.45) is 3.76. The van der Waals surface area contributed by atoms with Gasteiger partial charge in [-0.05, 0) is 39.2 Å². The van der Waals surface area contributed by atoms with Gasteiger partial charge in [0.1, 0.15) is 17.3 Å². The van der Waals surface area contributed by atoms with E-state index in [4.69, 9.17) is 10.00 Å². The molecule has 0 saturated carbocycles. The van der Waals surface area contributed by atoms with Crippen molar-refractivity contribution < 1.29 is 9.53 Å². The molecule has 164 valence electrons. The van der Waals surface area contributed by atoms with Crippen molar-refractivity contribution in [3.63, 3.8) is 0 Å². The monoisotopic (exact) mass is 441 g/mol. The first-order valence-corrected chi connectivity index (χ1v) is 11.5. The number of thiazole rings is 1. The SMILES string of the molecule is Cc1nc(Nc2nc(C(=O)NC3CCOCC3)cs2)cc([C@H]2CCCN(CC#N)C2)n1. The molecule has 2 fully saturated rings. The van der Waals surface area contributed by atoms with Gasteiger partial charge in [0.2, 0.25) is 0 Å². The molecule has 1 atom stereocenters. The molecule has 2 N–H and O–H groups in total. The Hall–Kier alpha value is -2.61. The molecule has 2 saturated heterocycles. The summed E-state index contributed by atoms with van der Waals surface area (Å²) in [6, 6.07) is 4.33. The van der Waals surface area contributed by atoms with Gasteiger partial charge in [-0.25, -0.2) is 15.0 Å². The van der Waals surface area contributed by atoms with Crippen LogP contribution < -0.4 is 10.6 Å². The van der Waals surface area contributed by atoms with Crippen LogP contribution in [0.1, 0.15) is 53.6 Å². The fraction of sp³-hybridized carbons (Fsp3) is 0.571. The number of nitrogens with one attached hydrogen (secondary N) is 2. The number of aromatic nitrogens is 3. The summed E-state index contributed by atoms with van der Waals surface area (Å²) in [6.45, 7) is 5.47. The lowest BCUT2D eigenvalue weighted by molar-refractivity contribution is 0.0694. The first-order valence-electron chi connectivity index (χ1n) is 10.7. The summed E-state index contributed by atoms with van der Waals surface area (Å²) in [5, 5.41) is 17.6. The molecule has 0 bridgehead atoms. The number of nitrogens with zero attached hydrogens (tertiary/aromatic N) is 5. The maximum atomic E-state index is 12.5. The highest BCUT2D eigenvalue weighted by atomic mass is 32.1. The summed E-state index contributed by atoms with van der Waals surface area (Å²) in [5.74, 6) is 1.48. The van der Waals surface area contributed by atoms with Crippen LogP contribution in [-0.2, 0) is 4.74 Å². The number of ether oxygens (including phenoxy) is 1. The van der Waals surface area contributed by atoms with Crippen molar-refractivity contribution in [3.8, 4) is 6.07 Å². The van der Waals surface area contributed by atoms with Crippen LogP contribution in [0, 0.1) is 18.3 Å². The highest BCUT2D eigenvalue weighted by molar-refractivity contribution is 7.14. The van der Waals surface area contributed by atoms with Crippen LogP contribution in [0.25, 0.3) is 0 Å². The predicted octanol–water partition coefficient (Wildman–Crippen LogP) is 2.60. The van der Waals surface area contributed by atoms with Crippen molar-refractivity contribution in [1.29, 1.82) is 5.26 Å². The van der Waals surface area contributed by atoms with Crippen LogP contribution >= 0.6 is 11.3 Å². The average Bonchev–Trinajstić information content (AvgIpc) is 3.23. The lowest BCUT2D eigenvalue weighted by Gasteiger charge is -2.30. The molecule has 9 nitrogen and oxygen atoms in total. The van der Waals surface area contributed by atoms with Crippen LogP contribution in [0.2, 0.25) is 0 Å². The molecule has 0 aromatic carbocycles. The Morgan fingerprint density at radius 1 is 1.32 bits per heavy atom. The van der Waals surface area contributed by atoms with Gasteiger partial charge in [0.05, 0.1) is 18.3 Å². The fourth-order valence-electron chi connectivity index (χ4n) is 4.05. The van der Waals surface area contributed by atoms with E-state index in [-0.39, 0.29) is 17.9 Å². The number of piperidine rings is 1. The number of carbonyl (C=O) groups excluding carboxylic acids is 1. The van der Waals surface area contributed by atoms with E-state index in [1.54, 1.807) is 5.38 Å². The molecule has 1 amide bonds. The molecular formula is C21H27N7O2S. The van der Waals surface area contributed by atoms with E-state index in [1.807, 2.05) is 13.0 Å². The minimum absolute atomic E-state index is 0.141. The van der Waals surface area contributed by atoms with Gasteiger partial charge in [-0.1, -0.05) is 0 Å². The van der Waals surface area contributed by atoms with Crippen LogP contribution in [0.3, 0.4) is 0 Å². The minimum Gasteiger partial charge on any atom is -0.381 e. The summed E-state index contributed by atoms with van der Waals surface area (Å²) in [7, 11) is 0. The molecule has 4 heterocycles. The number of rotatable bonds is 6. The molecule has 4 rings (SSSR count). The minimum atomic E-state index is -0.157. The van der Waals surface area contributed by atoms with E-state index in [0.717, 1.165) is 44.5 Å². The molecule has 0 unspecified atom stereocenters. The molecule has 2 aliphatic heterocycles. The van der Waals surface area contributed by atoms with E-state index in [1.165, 1.54) is 11.3 Å². The lowest BCUT2D eigenvalue weighted by atomic mass is 9.94. The highest BCUT2D eigenvalue weighted by Gasteiger charge is 2.23. The molecule has 2 aromatic heterocycles. The smallest absolute Gasteiger partial charge is 0.271 e. The lowest BCUT2D eigenvalue weighted by Crippen LogP contribution is -2.39. The highest BCUT2D eigenvalue weighted by Crippen LogP contribution is 2.28. The van der Waals surface area contributed by atoms with E-state index < -0.39 is 0 Å². The standard InChI is InChI=1S/C21H27N7O2S/c1-14-23-17(15-3-2-7-28(12-15)8-6-22)11-19(24-14)27-21-26-18(13-31-21)20(29)25-16-4-9-30-10-5-16/h11,13,15-16H,2-5,7-10,12H2,1H3,(H,25,29)(H,23,24,26,27)/t15-/m0/s1. The Labute approximate surface area is 185 Å². The van der Waals surface area contributed by atoms with Crippen molar-refractivity contribution in [2.24, 2.45) is 0 Å². The molecule has 0 aliphatic carbocycles. The molecular weight excluding hydrogens is 414 g/mol. The largest absolute Gasteiger partial charge is 0.381 e. The average molecular weight is 442 g/mol. The Balaban J connectivity index is 1.41. The number of aryl methyl sites for hydroxylation is 1. The normalized spacial score (nSPS) is 20.2. The third-order valence-corrected chi connectivity index (χ3v) is 6.36. The zero-order chi connectivity index (χ0) is 21.6. The first kappa shape index (κ1) is 21.6. The number of likely N-dealkylation sites (tertiary alicyclic amines) is 1. The molecule has 2 aromatic rings. The zero-order valence-corrected chi connectivity index (χ0v) is 18.5. The van der Waals surface area contributed by atoms with Gasteiger partial charge in [0.25, 0.3) is 5.91 Å². The number of hydrogen-bond donors (Lipinski definition) is 2. The van der Waals surface area contributed by atoms with Crippen molar-refractivity contribution in [1.82, 2.24) is 25.2 Å². The third-order valence-electron chi connectivity index (χ3n) is 5.60. The second kappa shape index (κ2) is 10.1. The number of anilines is 2. The predicted molar refractivity (Wildman–Crippen MR) is 118 cm³/mol. The van der Waals surface area contributed by atoms with Crippen molar-refractivity contribution in [2.75, 3.05) is 38.2 Å². The quantitative estimate of drug-likeness (QED) is 0.657. The summed E-state index contributed by atoms with van der Waals surface area (Å²) in [4.78, 5) is 28.2. The van der Waals surface area contributed by atoms with Crippen LogP contribution in [0.5, 0.6) is 0 Å². The van der Waals surface area contributed by atoms with Crippen LogP contribution in [0.4, 0.5) is 10.9 Å². The van der Waals surface area contributed by atoms with Gasteiger partial charge in [0.15, 0.2) is 5.13 Å². The van der Waals surface area contributed by atoms with Crippen molar-refractivity contribution >= 4 is 28.2 Å². The molecule has 31 heavy (non-hydrogen) atoms. The van der Waals surface area contributed by atoms with Crippen LogP contribution in [-0.4, -0.2) is 64.6 Å². The number of nitriles is 1. The van der Waals surface area contributed by atoms with E-state index >= 15 is 0 Å². The Morgan fingerprint density at radius 2 is 2.16 bits per heavy atom. The topological polar surface area (TPSA) is 116 Å². The van der Waals surface area contributed by atoms with Gasteiger partial charge in [-0.2, -0.15) is 5.26 Å². The van der Waals surface area contributed by atoms with E-state index in [0.29, 0.717) is 42.2 Å². The van der Waals surface area contributed by atoms with Crippen LogP contribution in [0.15, 0.2) is 11.4 Å². The fourth-order valence-corrected chi connectivity index (χ4v) is 4.75. The second-order valence-electron chi connectivity index (χ2n) is 7.98. The summed E-state index contributed by atoms with van der Waals surface area (Å²) >= 11 is 1.38. The Kier molecular flexibility index (Phi) is 7.06. The summed E-state index contributed by atoms with van der Waals surface area (Å²) < 4.78 is 5.33. The number of carbonyl (C=O) groups is 1. The third kappa shape index (κ3) is 5.76. The molecule has 0 radical (unpaired) electrons. The maximum Gasteiger partial charge on any atom is 0.271 e. The van der Waals surface area contributed by atoms with Crippen molar-refractivity contribution in [2.45, 2.75) is 44.6 Å². The molecule has 2 aliphatic rings. The number of hydrogen-bond acceptors (Lipinski definition) is 9. The van der Waals surface area contributed by atoms with E-state index in [2.05, 4.69) is 36.6 Å². The van der Waals surface area contributed by atoms with Gasteiger partial charge in [-0.15, -0.1) is 11.3 Å². The zero-order valence-electron chi connectivity index (χ0n) is 17.6. The van der Waals surface area contributed by atoms with Gasteiger partial charge in [-0.3, -0.25) is 9.69 Å². The Bertz CT molecular complexity index is 951. The number of amides is 1. The first-order chi connectivity index (χ1) is 15.1.